The molecule has 2 N–H and O–H groups in total. The van der Waals surface area contributed by atoms with E-state index < -0.39 is 0 Å². The molecule has 0 saturated carbocycles. The normalized spacial score (nSPS) is 10.2. The molecule has 1 rings (SSSR count). The van der Waals surface area contributed by atoms with Crippen LogP contribution in [0.3, 0.4) is 0 Å². The van der Waals surface area contributed by atoms with Crippen LogP contribution in [0.2, 0.25) is 0 Å². The topological polar surface area (TPSA) is 59.1 Å². The Hall–Kier alpha value is -0.880. The lowest BCUT2D eigenvalue weighted by atomic mass is 10.3. The first-order chi connectivity index (χ1) is 7.77. The molecule has 0 fully saturated rings. The van der Waals surface area contributed by atoms with E-state index in [4.69, 9.17) is 4.74 Å². The van der Waals surface area contributed by atoms with Gasteiger partial charge in [-0.3, -0.25) is 0 Å². The molecule has 1 heterocycles. The Bertz CT molecular complexity index is 322. The number of rotatable bonds is 7. The van der Waals surface area contributed by atoms with Crippen LogP contribution in [0.25, 0.3) is 0 Å². The van der Waals surface area contributed by atoms with E-state index in [1.54, 1.807) is 20.4 Å². The molecule has 0 saturated heterocycles. The number of nitrogens with zero attached hydrogens (tertiary/aromatic N) is 2. The minimum absolute atomic E-state index is 0.614. The fraction of sp³-hybridized carbons (Fsp3) is 0.600. The van der Waals surface area contributed by atoms with Crippen LogP contribution in [0.5, 0.6) is 0 Å². The van der Waals surface area contributed by atoms with Crippen LogP contribution in [-0.2, 0) is 4.74 Å². The molecule has 1 aromatic heterocycles. The Morgan fingerprint density at radius 3 is 2.94 bits per heavy atom. The summed E-state index contributed by atoms with van der Waals surface area (Å²) in [7, 11) is 3.51. The third-order valence-electron chi connectivity index (χ3n) is 2.04. The van der Waals surface area contributed by atoms with E-state index in [1.165, 1.54) is 0 Å². The first-order valence-electron chi connectivity index (χ1n) is 5.21. The van der Waals surface area contributed by atoms with Crippen molar-refractivity contribution in [2.24, 2.45) is 0 Å². The number of halogens is 1. The lowest BCUT2D eigenvalue weighted by Crippen LogP contribution is -2.07. The summed E-state index contributed by atoms with van der Waals surface area (Å²) in [6, 6.07) is 0. The maximum atomic E-state index is 4.98. The molecule has 5 nitrogen and oxygen atoms in total. The maximum absolute atomic E-state index is 4.98. The van der Waals surface area contributed by atoms with Gasteiger partial charge in [-0.2, -0.15) is 4.98 Å². The molecule has 0 aliphatic carbocycles. The van der Waals surface area contributed by atoms with Gasteiger partial charge in [-0.1, -0.05) is 0 Å². The largest absolute Gasteiger partial charge is 0.385 e. The Balaban J connectivity index is 2.40. The van der Waals surface area contributed by atoms with E-state index in [2.05, 4.69) is 36.5 Å². The molecule has 90 valence electrons. The monoisotopic (exact) mass is 288 g/mol. The molecule has 0 aliphatic heterocycles. The average molecular weight is 289 g/mol. The molecule has 0 radical (unpaired) electrons. The Morgan fingerprint density at radius 2 is 2.25 bits per heavy atom. The van der Waals surface area contributed by atoms with Crippen LogP contribution in [0.1, 0.15) is 12.8 Å². The van der Waals surface area contributed by atoms with Crippen LogP contribution in [0.4, 0.5) is 11.8 Å². The van der Waals surface area contributed by atoms with Gasteiger partial charge in [-0.05, 0) is 28.8 Å². The summed E-state index contributed by atoms with van der Waals surface area (Å²) in [4.78, 5) is 8.38. The van der Waals surface area contributed by atoms with Gasteiger partial charge < -0.3 is 15.4 Å². The van der Waals surface area contributed by atoms with Gasteiger partial charge in [0.15, 0.2) is 0 Å². The number of hydrogen-bond donors (Lipinski definition) is 2. The van der Waals surface area contributed by atoms with E-state index >= 15 is 0 Å². The summed E-state index contributed by atoms with van der Waals surface area (Å²) >= 11 is 3.40. The molecule has 0 bridgehead atoms. The molecule has 0 unspecified atom stereocenters. The average Bonchev–Trinajstić information content (AvgIpc) is 2.31. The Morgan fingerprint density at radius 1 is 1.44 bits per heavy atom. The molecular formula is C10H17BrN4O. The zero-order valence-corrected chi connectivity index (χ0v) is 11.2. The third kappa shape index (κ3) is 4.32. The zero-order valence-electron chi connectivity index (χ0n) is 9.59. The fourth-order valence-electron chi connectivity index (χ4n) is 1.19. The van der Waals surface area contributed by atoms with Gasteiger partial charge in [0, 0.05) is 33.5 Å². The molecule has 0 spiro atoms. The number of hydrogen-bond acceptors (Lipinski definition) is 5. The second kappa shape index (κ2) is 7.40. The third-order valence-corrected chi connectivity index (χ3v) is 2.62. The van der Waals surface area contributed by atoms with E-state index in [9.17, 15) is 0 Å². The highest BCUT2D eigenvalue weighted by Crippen LogP contribution is 2.19. The molecular weight excluding hydrogens is 272 g/mol. The minimum Gasteiger partial charge on any atom is -0.385 e. The van der Waals surface area contributed by atoms with Crippen molar-refractivity contribution in [3.05, 3.63) is 10.7 Å². The van der Waals surface area contributed by atoms with Crippen LogP contribution >= 0.6 is 15.9 Å². The highest BCUT2D eigenvalue weighted by Gasteiger charge is 2.02. The predicted molar refractivity (Wildman–Crippen MR) is 68.9 cm³/mol. The summed E-state index contributed by atoms with van der Waals surface area (Å²) in [6.45, 7) is 1.68. The number of ether oxygens (including phenoxy) is 1. The number of nitrogens with one attached hydrogen (secondary N) is 2. The fourth-order valence-corrected chi connectivity index (χ4v) is 1.52. The SMILES string of the molecule is CNc1ncc(Br)c(NCCCCOC)n1. The molecule has 0 amide bonds. The Kier molecular flexibility index (Phi) is 6.10. The van der Waals surface area contributed by atoms with Crippen molar-refractivity contribution in [3.8, 4) is 0 Å². The molecule has 0 aromatic carbocycles. The molecule has 0 atom stereocenters. The maximum Gasteiger partial charge on any atom is 0.224 e. The summed E-state index contributed by atoms with van der Waals surface area (Å²) in [5, 5.41) is 6.16. The molecule has 1 aromatic rings. The smallest absolute Gasteiger partial charge is 0.224 e. The van der Waals surface area contributed by atoms with Gasteiger partial charge in [0.2, 0.25) is 5.95 Å². The van der Waals surface area contributed by atoms with Crippen LogP contribution in [0.15, 0.2) is 10.7 Å². The quantitative estimate of drug-likeness (QED) is 0.753. The first-order valence-corrected chi connectivity index (χ1v) is 6.00. The second-order valence-electron chi connectivity index (χ2n) is 3.27. The van der Waals surface area contributed by atoms with E-state index in [1.807, 2.05) is 0 Å². The van der Waals surface area contributed by atoms with Gasteiger partial charge in [0.1, 0.15) is 5.82 Å². The number of unbranched alkanes of at least 4 members (excludes halogenated alkanes) is 1. The van der Waals surface area contributed by atoms with E-state index in [-0.39, 0.29) is 0 Å². The van der Waals surface area contributed by atoms with Gasteiger partial charge in [0.05, 0.1) is 4.47 Å². The molecule has 0 aliphatic rings. The number of methoxy groups -OCH3 is 1. The molecule has 6 heteroatoms. The van der Waals surface area contributed by atoms with E-state index in [0.717, 1.165) is 36.3 Å². The molecule has 16 heavy (non-hydrogen) atoms. The lowest BCUT2D eigenvalue weighted by Gasteiger charge is -2.08. The van der Waals surface area contributed by atoms with Crippen molar-refractivity contribution in [1.82, 2.24) is 9.97 Å². The van der Waals surface area contributed by atoms with Crippen molar-refractivity contribution < 1.29 is 4.74 Å². The van der Waals surface area contributed by atoms with Crippen molar-refractivity contribution in [2.75, 3.05) is 37.9 Å². The van der Waals surface area contributed by atoms with Crippen LogP contribution in [0, 0.1) is 0 Å². The second-order valence-corrected chi connectivity index (χ2v) is 4.12. The van der Waals surface area contributed by atoms with Crippen molar-refractivity contribution in [2.45, 2.75) is 12.8 Å². The van der Waals surface area contributed by atoms with Crippen molar-refractivity contribution in [1.29, 1.82) is 0 Å². The summed E-state index contributed by atoms with van der Waals surface area (Å²) in [5.74, 6) is 1.43. The lowest BCUT2D eigenvalue weighted by molar-refractivity contribution is 0.194. The summed E-state index contributed by atoms with van der Waals surface area (Å²) < 4.78 is 5.86. The van der Waals surface area contributed by atoms with Crippen molar-refractivity contribution >= 4 is 27.7 Å². The highest BCUT2D eigenvalue weighted by molar-refractivity contribution is 9.10. The van der Waals surface area contributed by atoms with Gasteiger partial charge in [-0.15, -0.1) is 0 Å². The number of aromatic nitrogens is 2. The summed E-state index contributed by atoms with van der Waals surface area (Å²) in [5.41, 5.74) is 0. The first kappa shape index (κ1) is 13.2. The summed E-state index contributed by atoms with van der Waals surface area (Å²) in [6.07, 6.45) is 3.83. The van der Waals surface area contributed by atoms with Gasteiger partial charge in [-0.25, -0.2) is 4.98 Å². The zero-order chi connectivity index (χ0) is 11.8. The van der Waals surface area contributed by atoms with Crippen LogP contribution in [-0.4, -0.2) is 37.3 Å². The van der Waals surface area contributed by atoms with Gasteiger partial charge >= 0.3 is 0 Å². The predicted octanol–water partition coefficient (Wildman–Crippen LogP) is 2.12. The minimum atomic E-state index is 0.614. The van der Waals surface area contributed by atoms with Crippen molar-refractivity contribution in [3.63, 3.8) is 0 Å². The Labute approximate surface area is 104 Å². The van der Waals surface area contributed by atoms with Crippen LogP contribution < -0.4 is 10.6 Å². The van der Waals surface area contributed by atoms with Gasteiger partial charge in [0.25, 0.3) is 0 Å². The van der Waals surface area contributed by atoms with E-state index in [0.29, 0.717) is 5.95 Å². The number of anilines is 2. The highest BCUT2D eigenvalue weighted by atomic mass is 79.9. The standard InChI is InChI=1S/C10H17BrN4O/c1-12-10-14-7-8(11)9(15-10)13-5-3-4-6-16-2/h7H,3-6H2,1-2H3,(H2,12,13,14,15).